The number of rotatable bonds is 15. The molecule has 25 heavy (non-hydrogen) atoms. The van der Waals surface area contributed by atoms with Crippen LogP contribution in [-0.4, -0.2) is 27.3 Å². The van der Waals surface area contributed by atoms with Crippen LogP contribution in [0.1, 0.15) is 64.2 Å². The maximum absolute atomic E-state index is 10.4. The Morgan fingerprint density at radius 1 is 0.640 bits per heavy atom. The van der Waals surface area contributed by atoms with Gasteiger partial charge in [0, 0.05) is 6.42 Å². The van der Waals surface area contributed by atoms with E-state index in [9.17, 15) is 9.59 Å². The Morgan fingerprint density at radius 2 is 1.16 bits per heavy atom. The molecule has 0 aromatic heterocycles. The van der Waals surface area contributed by atoms with Crippen molar-refractivity contribution in [3.8, 4) is 0 Å². The van der Waals surface area contributed by atoms with E-state index in [1.807, 2.05) is 12.2 Å². The lowest BCUT2D eigenvalue weighted by atomic mass is 10.1. The molecule has 5 nitrogen and oxygen atoms in total. The van der Waals surface area contributed by atoms with Crippen LogP contribution < -0.4 is 0 Å². The number of aliphatic carboxylic acids is 2. The number of carboxylic acid groups (broad SMARTS) is 2. The third kappa shape index (κ3) is 17.9. The molecule has 0 saturated carbocycles. The molecule has 0 radical (unpaired) electrons. The summed E-state index contributed by atoms with van der Waals surface area (Å²) in [6.45, 7) is 0. The van der Waals surface area contributed by atoms with E-state index in [2.05, 4.69) is 6.08 Å². The number of allylic oxidation sites excluding steroid dienone is 7. The quantitative estimate of drug-likeness (QED) is 0.164. The molecule has 0 saturated heterocycles. The van der Waals surface area contributed by atoms with Gasteiger partial charge in [-0.05, 0) is 25.3 Å². The Bertz CT molecular complexity index is 486. The van der Waals surface area contributed by atoms with Crippen molar-refractivity contribution in [2.24, 2.45) is 0 Å². The summed E-state index contributed by atoms with van der Waals surface area (Å²) in [6.07, 6.45) is 22.2. The zero-order valence-corrected chi connectivity index (χ0v) is 14.8. The molecule has 0 fully saturated rings. The number of aliphatic hydroxyl groups is 1. The van der Waals surface area contributed by atoms with Gasteiger partial charge in [0.1, 0.15) is 0 Å². The van der Waals surface area contributed by atoms with Crippen molar-refractivity contribution in [1.29, 1.82) is 0 Å². The monoisotopic (exact) mass is 350 g/mol. The van der Waals surface area contributed by atoms with E-state index < -0.39 is 17.7 Å². The van der Waals surface area contributed by atoms with Gasteiger partial charge in [-0.3, -0.25) is 4.79 Å². The summed E-state index contributed by atoms with van der Waals surface area (Å²) in [6, 6.07) is 0. The van der Waals surface area contributed by atoms with Crippen molar-refractivity contribution in [2.45, 2.75) is 64.2 Å². The Morgan fingerprint density at radius 3 is 1.76 bits per heavy atom. The first kappa shape index (κ1) is 22.7. The second-order valence-electron chi connectivity index (χ2n) is 5.82. The lowest BCUT2D eigenvalue weighted by Gasteiger charge is -2.00. The first-order valence-electron chi connectivity index (χ1n) is 8.88. The van der Waals surface area contributed by atoms with E-state index in [0.717, 1.165) is 38.2 Å². The van der Waals surface area contributed by atoms with Crippen LogP contribution in [0.2, 0.25) is 0 Å². The largest absolute Gasteiger partial charge is 0.502 e. The van der Waals surface area contributed by atoms with Gasteiger partial charge < -0.3 is 15.3 Å². The number of hydrogen-bond acceptors (Lipinski definition) is 3. The van der Waals surface area contributed by atoms with Crippen LogP contribution in [0.15, 0.2) is 48.3 Å². The van der Waals surface area contributed by atoms with Gasteiger partial charge in [0.15, 0.2) is 0 Å². The van der Waals surface area contributed by atoms with Crippen LogP contribution in [0, 0.1) is 0 Å². The molecule has 0 aliphatic carbocycles. The highest BCUT2D eigenvalue weighted by Gasteiger charge is 1.99. The lowest BCUT2D eigenvalue weighted by Crippen LogP contribution is -1.97. The standard InChI is InChI=1S/C20H30O5/c21-18(20(24)25)16-14-12-10-8-6-4-2-1-3-5-7-9-11-13-15-17-19(22)23/h4,6,8,10,12,14,16,21H,1-3,5,7,9,11,13,15,17H2,(H,22,23)(H,24,25)/b6-4+,10-8+,14-12+,18-16-. The Labute approximate surface area is 150 Å². The second-order valence-corrected chi connectivity index (χ2v) is 5.82. The van der Waals surface area contributed by atoms with Gasteiger partial charge in [-0.2, -0.15) is 0 Å². The smallest absolute Gasteiger partial charge is 0.370 e. The van der Waals surface area contributed by atoms with Crippen molar-refractivity contribution in [1.82, 2.24) is 0 Å². The highest BCUT2D eigenvalue weighted by molar-refractivity contribution is 5.84. The van der Waals surface area contributed by atoms with Crippen LogP contribution in [0.5, 0.6) is 0 Å². The molecule has 0 aliphatic heterocycles. The van der Waals surface area contributed by atoms with E-state index in [4.69, 9.17) is 15.3 Å². The van der Waals surface area contributed by atoms with Gasteiger partial charge in [-0.15, -0.1) is 0 Å². The summed E-state index contributed by atoms with van der Waals surface area (Å²) in [4.78, 5) is 20.7. The normalized spacial score (nSPS) is 12.6. The SMILES string of the molecule is O=C(O)CCCCCCCCCC/C=C/C=C/C=C/C=C(\O)C(=O)O. The third-order valence-corrected chi connectivity index (χ3v) is 3.57. The summed E-state index contributed by atoms with van der Waals surface area (Å²) >= 11 is 0. The van der Waals surface area contributed by atoms with Crippen LogP contribution in [0.3, 0.4) is 0 Å². The number of aliphatic hydroxyl groups excluding tert-OH is 1. The Balaban J connectivity index is 3.45. The predicted molar refractivity (Wildman–Crippen MR) is 99.6 cm³/mol. The molecule has 0 aliphatic rings. The molecular formula is C20H30O5. The first-order valence-corrected chi connectivity index (χ1v) is 8.88. The van der Waals surface area contributed by atoms with Gasteiger partial charge in [0.05, 0.1) is 0 Å². The minimum atomic E-state index is -1.34. The summed E-state index contributed by atoms with van der Waals surface area (Å²) < 4.78 is 0. The minimum absolute atomic E-state index is 0.290. The zero-order chi connectivity index (χ0) is 18.8. The fourth-order valence-corrected chi connectivity index (χ4v) is 2.18. The molecule has 0 rings (SSSR count). The maximum atomic E-state index is 10.4. The van der Waals surface area contributed by atoms with Crippen molar-refractivity contribution < 1.29 is 24.9 Å². The Kier molecular flexibility index (Phi) is 15.0. The van der Waals surface area contributed by atoms with Crippen LogP contribution >= 0.6 is 0 Å². The predicted octanol–water partition coefficient (Wildman–Crippen LogP) is 5.17. The molecule has 0 heterocycles. The summed E-state index contributed by atoms with van der Waals surface area (Å²) in [5.74, 6) is -2.72. The van der Waals surface area contributed by atoms with Crippen molar-refractivity contribution in [2.75, 3.05) is 0 Å². The summed E-state index contributed by atoms with van der Waals surface area (Å²) in [5.41, 5.74) is 0. The van der Waals surface area contributed by atoms with E-state index in [-0.39, 0.29) is 6.42 Å². The number of carbonyl (C=O) groups is 2. The minimum Gasteiger partial charge on any atom is -0.502 e. The average Bonchev–Trinajstić information content (AvgIpc) is 2.57. The van der Waals surface area contributed by atoms with Crippen molar-refractivity contribution in [3.63, 3.8) is 0 Å². The fraction of sp³-hybridized carbons (Fsp3) is 0.500. The topological polar surface area (TPSA) is 94.8 Å². The number of unbranched alkanes of at least 4 members (excludes halogenated alkanes) is 8. The van der Waals surface area contributed by atoms with Crippen LogP contribution in [-0.2, 0) is 9.59 Å². The van der Waals surface area contributed by atoms with Gasteiger partial charge in [0.2, 0.25) is 5.76 Å². The molecule has 0 spiro atoms. The lowest BCUT2D eigenvalue weighted by molar-refractivity contribution is -0.137. The average molecular weight is 350 g/mol. The molecule has 0 unspecified atom stereocenters. The zero-order valence-electron chi connectivity index (χ0n) is 14.8. The Hall–Kier alpha value is -2.30. The van der Waals surface area contributed by atoms with Crippen molar-refractivity contribution in [3.05, 3.63) is 48.3 Å². The van der Waals surface area contributed by atoms with Gasteiger partial charge >= 0.3 is 11.9 Å². The third-order valence-electron chi connectivity index (χ3n) is 3.57. The van der Waals surface area contributed by atoms with E-state index in [1.54, 1.807) is 12.2 Å². The highest BCUT2D eigenvalue weighted by atomic mass is 16.4. The first-order chi connectivity index (χ1) is 12.0. The van der Waals surface area contributed by atoms with E-state index in [0.29, 0.717) is 0 Å². The molecule has 0 bridgehead atoms. The summed E-state index contributed by atoms with van der Waals surface area (Å²) in [7, 11) is 0. The van der Waals surface area contributed by atoms with Crippen molar-refractivity contribution >= 4 is 11.9 Å². The van der Waals surface area contributed by atoms with Gasteiger partial charge in [0.25, 0.3) is 0 Å². The maximum Gasteiger partial charge on any atom is 0.370 e. The van der Waals surface area contributed by atoms with Gasteiger partial charge in [-0.25, -0.2) is 4.79 Å². The fourth-order valence-electron chi connectivity index (χ4n) is 2.18. The molecule has 0 aromatic carbocycles. The van der Waals surface area contributed by atoms with Crippen LogP contribution in [0.4, 0.5) is 0 Å². The van der Waals surface area contributed by atoms with Gasteiger partial charge in [-0.1, -0.05) is 75.0 Å². The molecular weight excluding hydrogens is 320 g/mol. The molecule has 3 N–H and O–H groups in total. The summed E-state index contributed by atoms with van der Waals surface area (Å²) in [5, 5.41) is 25.9. The number of hydrogen-bond donors (Lipinski definition) is 3. The molecule has 0 amide bonds. The van der Waals surface area contributed by atoms with E-state index in [1.165, 1.54) is 31.8 Å². The highest BCUT2D eigenvalue weighted by Crippen LogP contribution is 2.10. The molecule has 5 heteroatoms. The number of carboxylic acids is 2. The molecule has 140 valence electrons. The van der Waals surface area contributed by atoms with E-state index >= 15 is 0 Å². The van der Waals surface area contributed by atoms with Crippen LogP contribution in [0.25, 0.3) is 0 Å². The molecule has 0 atom stereocenters. The molecule has 0 aromatic rings. The second kappa shape index (κ2) is 16.6.